The molecule has 1 aromatic rings. The van der Waals surface area contributed by atoms with Crippen LogP contribution in [0.4, 0.5) is 11.4 Å². The molecule has 130 valence electrons. The van der Waals surface area contributed by atoms with Gasteiger partial charge in [-0.15, -0.1) is 0 Å². The Hall–Kier alpha value is -1.88. The summed E-state index contributed by atoms with van der Waals surface area (Å²) in [4.78, 5) is 26.5. The number of nitrogens with zero attached hydrogens (tertiary/aromatic N) is 1. The summed E-state index contributed by atoms with van der Waals surface area (Å²) in [6.07, 6.45) is 6.85. The van der Waals surface area contributed by atoms with Gasteiger partial charge in [0.1, 0.15) is 0 Å². The van der Waals surface area contributed by atoms with Crippen molar-refractivity contribution in [2.45, 2.75) is 45.4 Å². The Balaban J connectivity index is 1.59. The standard InChI is InChI=1S/C19H27N3O2/c1-14-16(7-6-8-17(14)21-19(24)15-9-10-15)20-18(23)13-22-11-4-2-3-5-12-22/h6-8,15H,2-5,9-13H2,1H3,(H,20,23)(H,21,24). The fourth-order valence-corrected chi connectivity index (χ4v) is 3.17. The zero-order valence-electron chi connectivity index (χ0n) is 14.4. The third-order valence-electron chi connectivity index (χ3n) is 4.88. The van der Waals surface area contributed by atoms with Crippen LogP contribution in [-0.4, -0.2) is 36.3 Å². The number of rotatable bonds is 5. The van der Waals surface area contributed by atoms with E-state index in [1.165, 1.54) is 25.7 Å². The van der Waals surface area contributed by atoms with Gasteiger partial charge in [-0.3, -0.25) is 14.5 Å². The summed E-state index contributed by atoms with van der Waals surface area (Å²) in [5.41, 5.74) is 2.48. The normalized spacial score (nSPS) is 18.7. The molecule has 2 fully saturated rings. The molecule has 2 N–H and O–H groups in total. The first kappa shape index (κ1) is 17.0. The van der Waals surface area contributed by atoms with Gasteiger partial charge in [-0.25, -0.2) is 0 Å². The van der Waals surface area contributed by atoms with E-state index in [0.717, 1.165) is 42.9 Å². The van der Waals surface area contributed by atoms with E-state index in [1.54, 1.807) is 0 Å². The van der Waals surface area contributed by atoms with E-state index in [9.17, 15) is 9.59 Å². The molecule has 1 saturated carbocycles. The Bertz CT molecular complexity index is 603. The van der Waals surface area contributed by atoms with Gasteiger partial charge < -0.3 is 10.6 Å². The maximum Gasteiger partial charge on any atom is 0.238 e. The van der Waals surface area contributed by atoms with Gasteiger partial charge in [0.25, 0.3) is 0 Å². The number of anilines is 2. The van der Waals surface area contributed by atoms with Gasteiger partial charge in [-0.1, -0.05) is 18.9 Å². The zero-order valence-corrected chi connectivity index (χ0v) is 14.4. The van der Waals surface area contributed by atoms with Crippen LogP contribution in [0.15, 0.2) is 18.2 Å². The molecule has 0 bridgehead atoms. The van der Waals surface area contributed by atoms with Crippen LogP contribution in [0.3, 0.4) is 0 Å². The predicted molar refractivity (Wildman–Crippen MR) is 96.1 cm³/mol. The molecule has 1 aliphatic carbocycles. The van der Waals surface area contributed by atoms with E-state index in [4.69, 9.17) is 0 Å². The Morgan fingerprint density at radius 3 is 2.29 bits per heavy atom. The van der Waals surface area contributed by atoms with Crippen LogP contribution in [0.25, 0.3) is 0 Å². The molecule has 24 heavy (non-hydrogen) atoms. The first-order chi connectivity index (χ1) is 11.6. The van der Waals surface area contributed by atoms with Gasteiger partial charge in [-0.05, 0) is 63.4 Å². The molecule has 1 aliphatic heterocycles. The van der Waals surface area contributed by atoms with Crippen molar-refractivity contribution in [1.82, 2.24) is 4.90 Å². The highest BCUT2D eigenvalue weighted by Gasteiger charge is 2.29. The molecule has 1 aromatic carbocycles. The number of benzene rings is 1. The van der Waals surface area contributed by atoms with E-state index in [0.29, 0.717) is 6.54 Å². The van der Waals surface area contributed by atoms with Crippen molar-refractivity contribution < 1.29 is 9.59 Å². The van der Waals surface area contributed by atoms with E-state index in [-0.39, 0.29) is 17.7 Å². The molecule has 0 spiro atoms. The highest BCUT2D eigenvalue weighted by molar-refractivity contribution is 5.97. The minimum atomic E-state index is 0.0191. The SMILES string of the molecule is Cc1c(NC(=O)CN2CCCCCC2)cccc1NC(=O)C1CC1. The van der Waals surface area contributed by atoms with Crippen LogP contribution in [-0.2, 0) is 9.59 Å². The Labute approximate surface area is 143 Å². The Morgan fingerprint density at radius 1 is 1.04 bits per heavy atom. The predicted octanol–water partition coefficient (Wildman–Crippen LogP) is 3.16. The van der Waals surface area contributed by atoms with Crippen LogP contribution >= 0.6 is 0 Å². The third-order valence-corrected chi connectivity index (χ3v) is 4.88. The van der Waals surface area contributed by atoms with Crippen molar-refractivity contribution in [2.75, 3.05) is 30.3 Å². The van der Waals surface area contributed by atoms with Gasteiger partial charge in [0.2, 0.25) is 11.8 Å². The number of nitrogens with one attached hydrogen (secondary N) is 2. The van der Waals surface area contributed by atoms with Gasteiger partial charge >= 0.3 is 0 Å². The fraction of sp³-hybridized carbons (Fsp3) is 0.579. The Morgan fingerprint density at radius 2 is 1.67 bits per heavy atom. The second kappa shape index (κ2) is 7.79. The highest BCUT2D eigenvalue weighted by Crippen LogP contribution is 2.31. The van der Waals surface area contributed by atoms with Crippen molar-refractivity contribution in [1.29, 1.82) is 0 Å². The summed E-state index contributed by atoms with van der Waals surface area (Å²) in [6.45, 7) is 4.38. The van der Waals surface area contributed by atoms with Crippen LogP contribution in [0.1, 0.15) is 44.1 Å². The summed E-state index contributed by atoms with van der Waals surface area (Å²) < 4.78 is 0. The average Bonchev–Trinajstić information content (AvgIpc) is 3.38. The molecular weight excluding hydrogens is 302 g/mol. The molecule has 0 unspecified atom stereocenters. The lowest BCUT2D eigenvalue weighted by Crippen LogP contribution is -2.34. The smallest absolute Gasteiger partial charge is 0.238 e. The molecule has 3 rings (SSSR count). The molecule has 0 radical (unpaired) electrons. The number of amides is 2. The largest absolute Gasteiger partial charge is 0.326 e. The number of hydrogen-bond acceptors (Lipinski definition) is 3. The van der Waals surface area contributed by atoms with E-state index in [2.05, 4.69) is 15.5 Å². The minimum absolute atomic E-state index is 0.0191. The molecule has 0 atom stereocenters. The molecule has 5 nitrogen and oxygen atoms in total. The lowest BCUT2D eigenvalue weighted by atomic mass is 10.1. The van der Waals surface area contributed by atoms with Crippen molar-refractivity contribution in [3.05, 3.63) is 23.8 Å². The monoisotopic (exact) mass is 329 g/mol. The highest BCUT2D eigenvalue weighted by atomic mass is 16.2. The first-order valence-corrected chi connectivity index (χ1v) is 9.06. The summed E-state index contributed by atoms with van der Waals surface area (Å²) >= 11 is 0. The number of hydrogen-bond donors (Lipinski definition) is 2. The third kappa shape index (κ3) is 4.57. The van der Waals surface area contributed by atoms with E-state index < -0.39 is 0 Å². The minimum Gasteiger partial charge on any atom is -0.326 e. The molecular formula is C19H27N3O2. The van der Waals surface area contributed by atoms with Gasteiger partial charge in [0.15, 0.2) is 0 Å². The van der Waals surface area contributed by atoms with Gasteiger partial charge in [-0.2, -0.15) is 0 Å². The fourth-order valence-electron chi connectivity index (χ4n) is 3.17. The summed E-state index contributed by atoms with van der Waals surface area (Å²) in [5.74, 6) is 0.280. The van der Waals surface area contributed by atoms with Gasteiger partial charge in [0, 0.05) is 17.3 Å². The molecule has 5 heteroatoms. The maximum absolute atomic E-state index is 12.4. The van der Waals surface area contributed by atoms with Crippen molar-refractivity contribution in [2.24, 2.45) is 5.92 Å². The Kier molecular flexibility index (Phi) is 5.51. The average molecular weight is 329 g/mol. The zero-order chi connectivity index (χ0) is 16.9. The summed E-state index contributed by atoms with van der Waals surface area (Å²) in [5, 5.41) is 5.98. The number of carbonyl (C=O) groups is 2. The van der Waals surface area contributed by atoms with Crippen LogP contribution < -0.4 is 10.6 Å². The number of likely N-dealkylation sites (tertiary alicyclic amines) is 1. The molecule has 0 aromatic heterocycles. The lowest BCUT2D eigenvalue weighted by Gasteiger charge is -2.20. The van der Waals surface area contributed by atoms with E-state index >= 15 is 0 Å². The molecule has 1 heterocycles. The van der Waals surface area contributed by atoms with Crippen molar-refractivity contribution in [3.63, 3.8) is 0 Å². The molecule has 2 aliphatic rings. The van der Waals surface area contributed by atoms with Crippen LogP contribution in [0.5, 0.6) is 0 Å². The quantitative estimate of drug-likeness (QED) is 0.872. The second-order valence-electron chi connectivity index (χ2n) is 6.98. The molecule has 2 amide bonds. The van der Waals surface area contributed by atoms with E-state index in [1.807, 2.05) is 25.1 Å². The van der Waals surface area contributed by atoms with Crippen LogP contribution in [0.2, 0.25) is 0 Å². The van der Waals surface area contributed by atoms with Crippen molar-refractivity contribution in [3.8, 4) is 0 Å². The van der Waals surface area contributed by atoms with Crippen molar-refractivity contribution >= 4 is 23.2 Å². The summed E-state index contributed by atoms with van der Waals surface area (Å²) in [7, 11) is 0. The maximum atomic E-state index is 12.4. The summed E-state index contributed by atoms with van der Waals surface area (Å²) in [6, 6.07) is 5.65. The van der Waals surface area contributed by atoms with Gasteiger partial charge in [0.05, 0.1) is 6.54 Å². The lowest BCUT2D eigenvalue weighted by molar-refractivity contribution is -0.118. The first-order valence-electron chi connectivity index (χ1n) is 9.06. The molecule has 1 saturated heterocycles. The topological polar surface area (TPSA) is 61.4 Å². The number of carbonyl (C=O) groups excluding carboxylic acids is 2. The van der Waals surface area contributed by atoms with Crippen LogP contribution in [0, 0.1) is 12.8 Å². The second-order valence-corrected chi connectivity index (χ2v) is 6.98.